The van der Waals surface area contributed by atoms with Crippen molar-refractivity contribution in [3.8, 4) is 0 Å². The number of nitrogens with one attached hydrogen (secondary N) is 1. The van der Waals surface area contributed by atoms with E-state index in [2.05, 4.69) is 19.2 Å². The van der Waals surface area contributed by atoms with E-state index >= 15 is 0 Å². The lowest BCUT2D eigenvalue weighted by atomic mass is 9.78. The average molecular weight is 316 g/mol. The lowest BCUT2D eigenvalue weighted by Crippen LogP contribution is -2.50. The fourth-order valence-electron chi connectivity index (χ4n) is 3.54. The van der Waals surface area contributed by atoms with Crippen molar-refractivity contribution < 1.29 is 13.2 Å². The fraction of sp³-hybridized carbons (Fsp3) is 0.933. The first kappa shape index (κ1) is 16.7. The summed E-state index contributed by atoms with van der Waals surface area (Å²) in [5.41, 5.74) is 0. The maximum atomic E-state index is 12.5. The summed E-state index contributed by atoms with van der Waals surface area (Å²) in [6, 6.07) is 0.245. The number of sulfonamides is 1. The van der Waals surface area contributed by atoms with E-state index < -0.39 is 10.0 Å². The van der Waals surface area contributed by atoms with Crippen LogP contribution in [0.1, 0.15) is 46.0 Å². The number of hydrogen-bond donors (Lipinski definition) is 1. The summed E-state index contributed by atoms with van der Waals surface area (Å²) in [7, 11) is -3.19. The Bertz CT molecular complexity index is 477. The maximum Gasteiger partial charge on any atom is 0.224 e. The predicted octanol–water partition coefficient (Wildman–Crippen LogP) is 1.60. The summed E-state index contributed by atoms with van der Waals surface area (Å²) in [6.07, 6.45) is 6.21. The zero-order valence-electron chi connectivity index (χ0n) is 13.3. The monoisotopic (exact) mass is 316 g/mol. The highest BCUT2D eigenvalue weighted by atomic mass is 32.2. The van der Waals surface area contributed by atoms with Crippen LogP contribution in [0, 0.1) is 17.8 Å². The van der Waals surface area contributed by atoms with E-state index in [-0.39, 0.29) is 17.9 Å². The van der Waals surface area contributed by atoms with Gasteiger partial charge in [-0.3, -0.25) is 4.79 Å². The summed E-state index contributed by atoms with van der Waals surface area (Å²) in [4.78, 5) is 12.5. The molecule has 1 aliphatic carbocycles. The Hall–Kier alpha value is -0.620. The highest BCUT2D eigenvalue weighted by Gasteiger charge is 2.33. The van der Waals surface area contributed by atoms with Crippen LogP contribution in [-0.2, 0) is 14.8 Å². The quantitative estimate of drug-likeness (QED) is 0.860. The third kappa shape index (κ3) is 4.19. The minimum atomic E-state index is -3.19. The molecule has 1 N–H and O–H groups in total. The van der Waals surface area contributed by atoms with Gasteiger partial charge in [0.2, 0.25) is 15.9 Å². The summed E-state index contributed by atoms with van der Waals surface area (Å²) < 4.78 is 24.7. The molecule has 4 atom stereocenters. The standard InChI is InChI=1S/C15H28N2O3S/c1-11-6-4-8-14(12(11)2)16-15(18)13-7-5-9-17(10-13)21(3,19)20/h11-14H,4-10H2,1-3H3,(H,16,18). The molecule has 0 aromatic rings. The Morgan fingerprint density at radius 2 is 1.86 bits per heavy atom. The van der Waals surface area contributed by atoms with E-state index in [1.165, 1.54) is 17.0 Å². The molecule has 0 aromatic heterocycles. The van der Waals surface area contributed by atoms with Crippen LogP contribution in [0.2, 0.25) is 0 Å². The molecular formula is C15H28N2O3S. The molecule has 21 heavy (non-hydrogen) atoms. The molecule has 0 aromatic carbocycles. The zero-order valence-corrected chi connectivity index (χ0v) is 14.2. The molecule has 6 heteroatoms. The highest BCUT2D eigenvalue weighted by molar-refractivity contribution is 7.88. The van der Waals surface area contributed by atoms with Gasteiger partial charge >= 0.3 is 0 Å². The molecule has 2 aliphatic rings. The van der Waals surface area contributed by atoms with Gasteiger partial charge in [0.25, 0.3) is 0 Å². The van der Waals surface area contributed by atoms with Crippen LogP contribution in [0.25, 0.3) is 0 Å². The fourth-order valence-corrected chi connectivity index (χ4v) is 4.46. The lowest BCUT2D eigenvalue weighted by Gasteiger charge is -2.36. The van der Waals surface area contributed by atoms with Gasteiger partial charge in [-0.2, -0.15) is 0 Å². The van der Waals surface area contributed by atoms with Crippen molar-refractivity contribution in [3.05, 3.63) is 0 Å². The van der Waals surface area contributed by atoms with Gasteiger partial charge < -0.3 is 5.32 Å². The van der Waals surface area contributed by atoms with Crippen LogP contribution in [0.4, 0.5) is 0 Å². The van der Waals surface area contributed by atoms with Crippen molar-refractivity contribution in [1.82, 2.24) is 9.62 Å². The molecule has 5 nitrogen and oxygen atoms in total. The van der Waals surface area contributed by atoms with Gasteiger partial charge in [-0.1, -0.05) is 26.7 Å². The second-order valence-corrected chi connectivity index (χ2v) is 8.82. The number of rotatable bonds is 3. The number of hydrogen-bond acceptors (Lipinski definition) is 3. The number of carbonyl (C=O) groups is 1. The van der Waals surface area contributed by atoms with Crippen LogP contribution < -0.4 is 5.32 Å². The minimum absolute atomic E-state index is 0.0364. The number of carbonyl (C=O) groups excluding carboxylic acids is 1. The first-order valence-corrected chi connectivity index (χ1v) is 9.89. The van der Waals surface area contributed by atoms with Gasteiger partial charge in [0.05, 0.1) is 12.2 Å². The van der Waals surface area contributed by atoms with Crippen LogP contribution in [-0.4, -0.2) is 44.0 Å². The lowest BCUT2D eigenvalue weighted by molar-refractivity contribution is -0.127. The Morgan fingerprint density at radius 3 is 2.52 bits per heavy atom. The van der Waals surface area contributed by atoms with Gasteiger partial charge in [-0.25, -0.2) is 12.7 Å². The SMILES string of the molecule is CC1CCCC(NC(=O)C2CCCN(S(C)(=O)=O)C2)C1C. The van der Waals surface area contributed by atoms with Gasteiger partial charge in [0.1, 0.15) is 0 Å². The smallest absolute Gasteiger partial charge is 0.224 e. The molecule has 0 bridgehead atoms. The topological polar surface area (TPSA) is 66.5 Å². The van der Waals surface area contributed by atoms with E-state index in [0.717, 1.165) is 25.7 Å². The van der Waals surface area contributed by atoms with Crippen molar-refractivity contribution in [2.45, 2.75) is 52.0 Å². The molecule has 122 valence electrons. The molecule has 1 saturated carbocycles. The van der Waals surface area contributed by atoms with Crippen molar-refractivity contribution in [3.63, 3.8) is 0 Å². The summed E-state index contributed by atoms with van der Waals surface area (Å²) in [5.74, 6) is 0.979. The summed E-state index contributed by atoms with van der Waals surface area (Å²) in [5, 5.41) is 3.18. The van der Waals surface area contributed by atoms with Crippen molar-refractivity contribution in [2.24, 2.45) is 17.8 Å². The van der Waals surface area contributed by atoms with Gasteiger partial charge in [-0.15, -0.1) is 0 Å². The Balaban J connectivity index is 1.94. The third-order valence-electron chi connectivity index (χ3n) is 5.26. The van der Waals surface area contributed by atoms with Gasteiger partial charge in [-0.05, 0) is 31.1 Å². The number of nitrogens with zero attached hydrogens (tertiary/aromatic N) is 1. The molecule has 2 fully saturated rings. The van der Waals surface area contributed by atoms with Crippen LogP contribution in [0.3, 0.4) is 0 Å². The molecule has 2 rings (SSSR count). The van der Waals surface area contributed by atoms with Gasteiger partial charge in [0, 0.05) is 19.1 Å². The Labute approximate surface area is 128 Å². The largest absolute Gasteiger partial charge is 0.353 e. The summed E-state index contributed by atoms with van der Waals surface area (Å²) in [6.45, 7) is 5.33. The molecule has 1 saturated heterocycles. The molecular weight excluding hydrogens is 288 g/mol. The van der Waals surface area contributed by atoms with Crippen molar-refractivity contribution in [2.75, 3.05) is 19.3 Å². The van der Waals surface area contributed by atoms with Crippen LogP contribution in [0.15, 0.2) is 0 Å². The zero-order chi connectivity index (χ0) is 15.6. The molecule has 4 unspecified atom stereocenters. The predicted molar refractivity (Wildman–Crippen MR) is 83.3 cm³/mol. The Kier molecular flexibility index (Phi) is 5.30. The first-order valence-electron chi connectivity index (χ1n) is 8.04. The highest BCUT2D eigenvalue weighted by Crippen LogP contribution is 2.30. The van der Waals surface area contributed by atoms with E-state index in [9.17, 15) is 13.2 Å². The second-order valence-electron chi connectivity index (χ2n) is 6.84. The van der Waals surface area contributed by atoms with Crippen molar-refractivity contribution in [1.29, 1.82) is 0 Å². The van der Waals surface area contributed by atoms with Gasteiger partial charge in [0.15, 0.2) is 0 Å². The third-order valence-corrected chi connectivity index (χ3v) is 6.53. The maximum absolute atomic E-state index is 12.5. The van der Waals surface area contributed by atoms with Crippen LogP contribution in [0.5, 0.6) is 0 Å². The summed E-state index contributed by atoms with van der Waals surface area (Å²) >= 11 is 0. The molecule has 1 heterocycles. The van der Waals surface area contributed by atoms with Crippen LogP contribution >= 0.6 is 0 Å². The van der Waals surface area contributed by atoms with E-state index in [1.807, 2.05) is 0 Å². The molecule has 0 spiro atoms. The molecule has 1 amide bonds. The normalized spacial score (nSPS) is 35.4. The van der Waals surface area contributed by atoms with E-state index in [4.69, 9.17) is 0 Å². The van der Waals surface area contributed by atoms with E-state index in [0.29, 0.717) is 24.9 Å². The minimum Gasteiger partial charge on any atom is -0.353 e. The molecule has 1 aliphatic heterocycles. The second kappa shape index (κ2) is 6.65. The number of amides is 1. The molecule has 0 radical (unpaired) electrons. The first-order chi connectivity index (χ1) is 9.79. The van der Waals surface area contributed by atoms with Crippen molar-refractivity contribution >= 4 is 15.9 Å². The average Bonchev–Trinajstić information content (AvgIpc) is 2.43. The Morgan fingerprint density at radius 1 is 1.14 bits per heavy atom. The number of piperidine rings is 1. The van der Waals surface area contributed by atoms with E-state index in [1.54, 1.807) is 0 Å².